The Morgan fingerprint density at radius 3 is 2.79 bits per heavy atom. The quantitative estimate of drug-likeness (QED) is 0.877. The van der Waals surface area contributed by atoms with Crippen molar-refractivity contribution >= 4 is 5.91 Å². The Kier molecular flexibility index (Phi) is 4.26. The molecule has 1 aromatic heterocycles. The molecule has 0 aliphatic carbocycles. The van der Waals surface area contributed by atoms with Crippen LogP contribution in [0.3, 0.4) is 0 Å². The van der Waals surface area contributed by atoms with Gasteiger partial charge in [-0.05, 0) is 30.2 Å². The second-order valence-corrected chi connectivity index (χ2v) is 4.32. The first-order valence-corrected chi connectivity index (χ1v) is 6.10. The molecule has 0 saturated heterocycles. The van der Waals surface area contributed by atoms with Crippen LogP contribution in [0.2, 0.25) is 0 Å². The fraction of sp³-hybridized carbons (Fsp3) is 0.200. The van der Waals surface area contributed by atoms with Crippen LogP contribution in [0.25, 0.3) is 0 Å². The maximum Gasteiger partial charge on any atom is 0.252 e. The number of benzene rings is 1. The van der Waals surface area contributed by atoms with Crippen LogP contribution in [0.5, 0.6) is 0 Å². The third kappa shape index (κ3) is 3.39. The van der Waals surface area contributed by atoms with Crippen molar-refractivity contribution in [1.82, 2.24) is 10.3 Å². The van der Waals surface area contributed by atoms with Gasteiger partial charge in [-0.15, -0.1) is 0 Å². The van der Waals surface area contributed by atoms with Gasteiger partial charge in [0.05, 0.1) is 11.7 Å². The molecule has 1 aromatic carbocycles. The van der Waals surface area contributed by atoms with Gasteiger partial charge in [-0.3, -0.25) is 9.78 Å². The average Bonchev–Trinajstić information content (AvgIpc) is 2.46. The first-order valence-electron chi connectivity index (χ1n) is 6.10. The van der Waals surface area contributed by atoms with Gasteiger partial charge in [0.15, 0.2) is 0 Å². The molecule has 98 valence electrons. The first-order chi connectivity index (χ1) is 9.18. The minimum Gasteiger partial charge on any atom is -0.387 e. The van der Waals surface area contributed by atoms with Crippen molar-refractivity contribution in [2.24, 2.45) is 0 Å². The molecule has 0 fully saturated rings. The molecule has 2 N–H and O–H groups in total. The Labute approximate surface area is 112 Å². The normalized spacial score (nSPS) is 11.9. The molecule has 4 heteroatoms. The number of hydrogen-bond acceptors (Lipinski definition) is 3. The lowest BCUT2D eigenvalue weighted by Gasteiger charge is -2.14. The van der Waals surface area contributed by atoms with Gasteiger partial charge >= 0.3 is 0 Å². The first kappa shape index (κ1) is 13.2. The number of aryl methyl sites for hydroxylation is 1. The van der Waals surface area contributed by atoms with Crippen molar-refractivity contribution in [3.8, 4) is 0 Å². The highest BCUT2D eigenvalue weighted by Gasteiger charge is 2.12. The number of carbonyl (C=O) groups is 1. The van der Waals surface area contributed by atoms with Gasteiger partial charge in [0, 0.05) is 18.9 Å². The summed E-state index contributed by atoms with van der Waals surface area (Å²) in [4.78, 5) is 15.7. The number of nitrogens with zero attached hydrogens (tertiary/aromatic N) is 1. The van der Waals surface area contributed by atoms with Crippen molar-refractivity contribution in [2.45, 2.75) is 13.0 Å². The number of hydrogen-bond donors (Lipinski definition) is 2. The Hall–Kier alpha value is -2.20. The van der Waals surface area contributed by atoms with E-state index in [-0.39, 0.29) is 12.5 Å². The molecule has 0 saturated carbocycles. The Balaban J connectivity index is 1.96. The standard InChI is InChI=1S/C15H16N2O2/c1-11-5-2-3-7-13(11)14(18)10-17-15(19)12-6-4-8-16-9-12/h2-9,14,18H,10H2,1H3,(H,17,19). The Bertz CT molecular complexity index is 555. The van der Waals surface area contributed by atoms with Crippen LogP contribution < -0.4 is 5.32 Å². The molecule has 1 atom stereocenters. The lowest BCUT2D eigenvalue weighted by molar-refractivity contribution is 0.0915. The topological polar surface area (TPSA) is 62.2 Å². The van der Waals surface area contributed by atoms with Crippen molar-refractivity contribution in [3.05, 3.63) is 65.5 Å². The summed E-state index contributed by atoms with van der Waals surface area (Å²) in [5.41, 5.74) is 2.32. The van der Waals surface area contributed by atoms with Crippen LogP contribution in [-0.2, 0) is 0 Å². The van der Waals surface area contributed by atoms with Crippen LogP contribution in [0, 0.1) is 6.92 Å². The van der Waals surface area contributed by atoms with Gasteiger partial charge in [0.1, 0.15) is 0 Å². The zero-order valence-electron chi connectivity index (χ0n) is 10.7. The third-order valence-corrected chi connectivity index (χ3v) is 2.93. The zero-order valence-corrected chi connectivity index (χ0v) is 10.7. The minimum absolute atomic E-state index is 0.179. The molecule has 1 heterocycles. The maximum atomic E-state index is 11.8. The Morgan fingerprint density at radius 1 is 1.32 bits per heavy atom. The SMILES string of the molecule is Cc1ccccc1C(O)CNC(=O)c1cccnc1. The summed E-state index contributed by atoms with van der Waals surface area (Å²) in [6, 6.07) is 11.0. The maximum absolute atomic E-state index is 11.8. The number of aliphatic hydroxyl groups excluding tert-OH is 1. The molecule has 2 aromatic rings. The number of rotatable bonds is 4. The predicted octanol–water partition coefficient (Wildman–Crippen LogP) is 1.85. The smallest absolute Gasteiger partial charge is 0.252 e. The molecule has 0 aliphatic heterocycles. The summed E-state index contributed by atoms with van der Waals surface area (Å²) < 4.78 is 0. The van der Waals surface area contributed by atoms with Crippen LogP contribution in [0.15, 0.2) is 48.8 Å². The van der Waals surface area contributed by atoms with E-state index in [4.69, 9.17) is 0 Å². The molecule has 0 bridgehead atoms. The number of aliphatic hydroxyl groups is 1. The molecular formula is C15H16N2O2. The van der Waals surface area contributed by atoms with E-state index < -0.39 is 6.10 Å². The van der Waals surface area contributed by atoms with Crippen LogP contribution >= 0.6 is 0 Å². The van der Waals surface area contributed by atoms with Crippen LogP contribution in [0.1, 0.15) is 27.6 Å². The van der Waals surface area contributed by atoms with Crippen LogP contribution in [-0.4, -0.2) is 22.5 Å². The van der Waals surface area contributed by atoms with E-state index in [0.717, 1.165) is 11.1 Å². The predicted molar refractivity (Wildman–Crippen MR) is 72.7 cm³/mol. The molecule has 19 heavy (non-hydrogen) atoms. The number of amides is 1. The van der Waals surface area contributed by atoms with Crippen molar-refractivity contribution in [1.29, 1.82) is 0 Å². The molecule has 1 unspecified atom stereocenters. The molecule has 0 aliphatic rings. The molecule has 1 amide bonds. The highest BCUT2D eigenvalue weighted by atomic mass is 16.3. The van der Waals surface area contributed by atoms with Gasteiger partial charge in [0.25, 0.3) is 5.91 Å². The minimum atomic E-state index is -0.707. The number of pyridine rings is 1. The monoisotopic (exact) mass is 256 g/mol. The summed E-state index contributed by atoms with van der Waals surface area (Å²) in [5.74, 6) is -0.235. The number of carbonyl (C=O) groups excluding carboxylic acids is 1. The zero-order chi connectivity index (χ0) is 13.7. The van der Waals surface area contributed by atoms with E-state index in [9.17, 15) is 9.90 Å². The highest BCUT2D eigenvalue weighted by Crippen LogP contribution is 2.16. The number of nitrogens with one attached hydrogen (secondary N) is 1. The van der Waals surface area contributed by atoms with E-state index in [1.54, 1.807) is 18.3 Å². The summed E-state index contributed by atoms with van der Waals surface area (Å²) in [6.07, 6.45) is 2.40. The van der Waals surface area contributed by atoms with Crippen molar-refractivity contribution < 1.29 is 9.90 Å². The summed E-state index contributed by atoms with van der Waals surface area (Å²) in [6.45, 7) is 2.11. The largest absolute Gasteiger partial charge is 0.387 e. The third-order valence-electron chi connectivity index (χ3n) is 2.93. The van der Waals surface area contributed by atoms with Gasteiger partial charge in [-0.1, -0.05) is 24.3 Å². The fourth-order valence-electron chi connectivity index (χ4n) is 1.86. The van der Waals surface area contributed by atoms with E-state index in [0.29, 0.717) is 5.56 Å². The second-order valence-electron chi connectivity index (χ2n) is 4.32. The molecular weight excluding hydrogens is 240 g/mol. The van der Waals surface area contributed by atoms with E-state index in [1.807, 2.05) is 31.2 Å². The number of aromatic nitrogens is 1. The summed E-state index contributed by atoms with van der Waals surface area (Å²) in [5, 5.41) is 12.8. The van der Waals surface area contributed by atoms with Crippen molar-refractivity contribution in [3.63, 3.8) is 0 Å². The molecule has 0 spiro atoms. The van der Waals surface area contributed by atoms with Crippen molar-refractivity contribution in [2.75, 3.05) is 6.54 Å². The average molecular weight is 256 g/mol. The lowest BCUT2D eigenvalue weighted by Crippen LogP contribution is -2.28. The van der Waals surface area contributed by atoms with Gasteiger partial charge in [-0.2, -0.15) is 0 Å². The second kappa shape index (κ2) is 6.11. The molecule has 4 nitrogen and oxygen atoms in total. The summed E-state index contributed by atoms with van der Waals surface area (Å²) in [7, 11) is 0. The van der Waals surface area contributed by atoms with Gasteiger partial charge in [-0.25, -0.2) is 0 Å². The van der Waals surface area contributed by atoms with Gasteiger partial charge < -0.3 is 10.4 Å². The molecule has 0 radical (unpaired) electrons. The highest BCUT2D eigenvalue weighted by molar-refractivity contribution is 5.93. The molecule has 2 rings (SSSR count). The van der Waals surface area contributed by atoms with E-state index >= 15 is 0 Å². The van der Waals surface area contributed by atoms with Gasteiger partial charge in [0.2, 0.25) is 0 Å². The summed E-state index contributed by atoms with van der Waals surface area (Å²) >= 11 is 0. The van der Waals surface area contributed by atoms with Crippen LogP contribution in [0.4, 0.5) is 0 Å². The lowest BCUT2D eigenvalue weighted by atomic mass is 10.0. The fourth-order valence-corrected chi connectivity index (χ4v) is 1.86. The van der Waals surface area contributed by atoms with E-state index in [1.165, 1.54) is 6.20 Å². The Morgan fingerprint density at radius 2 is 2.11 bits per heavy atom. The van der Waals surface area contributed by atoms with E-state index in [2.05, 4.69) is 10.3 Å².